The van der Waals surface area contributed by atoms with E-state index in [4.69, 9.17) is 49.0 Å². The van der Waals surface area contributed by atoms with Gasteiger partial charge in [-0.25, -0.2) is 0 Å². The topological polar surface area (TPSA) is 27.7 Å². The molecule has 6 heteroatoms. The number of alkyl halides is 3. The summed E-state index contributed by atoms with van der Waals surface area (Å²) in [4.78, 5) is 0. The normalized spacial score (nSPS) is 23.3. The van der Waals surface area contributed by atoms with E-state index in [2.05, 4.69) is 11.8 Å². The third kappa shape index (κ3) is 6.51. The molecule has 1 aliphatic heterocycles. The average Bonchev–Trinajstić information content (AvgIpc) is 2.78. The molecule has 1 aliphatic rings. The van der Waals surface area contributed by atoms with E-state index >= 15 is 0 Å². The Morgan fingerprint density at radius 3 is 2.48 bits per heavy atom. The van der Waals surface area contributed by atoms with Crippen LogP contribution in [0.5, 0.6) is 0 Å². The van der Waals surface area contributed by atoms with Crippen LogP contribution in [0.25, 0.3) is 0 Å². The molecule has 3 nitrogen and oxygen atoms in total. The lowest BCUT2D eigenvalue weighted by Crippen LogP contribution is -2.21. The van der Waals surface area contributed by atoms with Crippen LogP contribution < -0.4 is 0 Å². The molecule has 126 valence electrons. The molecule has 0 radical (unpaired) electrons. The van der Waals surface area contributed by atoms with Crippen molar-refractivity contribution < 1.29 is 14.2 Å². The first-order valence-electron chi connectivity index (χ1n) is 7.28. The number of rotatable bonds is 4. The van der Waals surface area contributed by atoms with Crippen molar-refractivity contribution in [2.24, 2.45) is 0 Å². The minimum Gasteiger partial charge on any atom is -0.364 e. The van der Waals surface area contributed by atoms with E-state index in [9.17, 15) is 0 Å². The van der Waals surface area contributed by atoms with Gasteiger partial charge in [-0.15, -0.1) is 0 Å². The fourth-order valence-corrected chi connectivity index (χ4v) is 2.58. The SMILES string of the molecule is CC1(C)O[C@H](CC#CCOCC(Cl)(Cl)Cl)[C@H](c2ccccc2)O1. The summed E-state index contributed by atoms with van der Waals surface area (Å²) in [6, 6.07) is 10.00. The van der Waals surface area contributed by atoms with Crippen molar-refractivity contribution in [3.8, 4) is 11.8 Å². The van der Waals surface area contributed by atoms with Crippen LogP contribution in [-0.2, 0) is 14.2 Å². The molecular weight excluding hydrogens is 359 g/mol. The van der Waals surface area contributed by atoms with Gasteiger partial charge in [-0.05, 0) is 19.4 Å². The molecule has 23 heavy (non-hydrogen) atoms. The third-order valence-electron chi connectivity index (χ3n) is 3.18. The Hall–Kier alpha value is -0.470. The Morgan fingerprint density at radius 1 is 1.13 bits per heavy atom. The van der Waals surface area contributed by atoms with E-state index in [0.717, 1.165) is 5.56 Å². The van der Waals surface area contributed by atoms with Crippen molar-refractivity contribution >= 4 is 34.8 Å². The number of hydrogen-bond donors (Lipinski definition) is 0. The molecule has 2 rings (SSSR count). The summed E-state index contributed by atoms with van der Waals surface area (Å²) in [5.74, 6) is 5.32. The lowest BCUT2D eigenvalue weighted by atomic mass is 10.0. The van der Waals surface area contributed by atoms with Gasteiger partial charge in [0.25, 0.3) is 0 Å². The molecule has 0 spiro atoms. The van der Waals surface area contributed by atoms with Crippen LogP contribution >= 0.6 is 34.8 Å². The first kappa shape index (κ1) is 18.9. The van der Waals surface area contributed by atoms with Crippen LogP contribution in [0.15, 0.2) is 30.3 Å². The van der Waals surface area contributed by atoms with E-state index < -0.39 is 9.58 Å². The van der Waals surface area contributed by atoms with Crippen molar-refractivity contribution in [1.82, 2.24) is 0 Å². The summed E-state index contributed by atoms with van der Waals surface area (Å²) in [6.07, 6.45) is 0.274. The summed E-state index contributed by atoms with van der Waals surface area (Å²) in [6.45, 7) is 4.02. The maximum atomic E-state index is 6.00. The fraction of sp³-hybridized carbons (Fsp3) is 0.529. The van der Waals surface area contributed by atoms with Gasteiger partial charge in [-0.3, -0.25) is 0 Å². The minimum absolute atomic E-state index is 0.00899. The Kier molecular flexibility index (Phi) is 6.62. The highest BCUT2D eigenvalue weighted by Crippen LogP contribution is 2.39. The van der Waals surface area contributed by atoms with Crippen molar-refractivity contribution in [3.05, 3.63) is 35.9 Å². The number of halogens is 3. The molecule has 0 aliphatic carbocycles. The van der Waals surface area contributed by atoms with E-state index in [1.807, 2.05) is 44.2 Å². The second-order valence-corrected chi connectivity index (χ2v) is 8.19. The van der Waals surface area contributed by atoms with E-state index in [1.165, 1.54) is 0 Å². The van der Waals surface area contributed by atoms with Gasteiger partial charge in [-0.2, -0.15) is 0 Å². The summed E-state index contributed by atoms with van der Waals surface area (Å²) in [5, 5.41) is 0. The summed E-state index contributed by atoms with van der Waals surface area (Å²) >= 11 is 16.8. The van der Waals surface area contributed by atoms with Gasteiger partial charge in [0.05, 0.1) is 6.61 Å². The van der Waals surface area contributed by atoms with Crippen molar-refractivity contribution in [1.29, 1.82) is 0 Å². The number of benzene rings is 1. The van der Waals surface area contributed by atoms with E-state index in [-0.39, 0.29) is 25.4 Å². The van der Waals surface area contributed by atoms with Gasteiger partial charge >= 0.3 is 0 Å². The monoisotopic (exact) mass is 376 g/mol. The lowest BCUT2D eigenvalue weighted by molar-refractivity contribution is -0.146. The Morgan fingerprint density at radius 2 is 1.83 bits per heavy atom. The van der Waals surface area contributed by atoms with Gasteiger partial charge in [0, 0.05) is 6.42 Å². The molecule has 0 bridgehead atoms. The van der Waals surface area contributed by atoms with Gasteiger partial charge in [0.1, 0.15) is 18.8 Å². The highest BCUT2D eigenvalue weighted by molar-refractivity contribution is 6.67. The van der Waals surface area contributed by atoms with Crippen LogP contribution in [-0.4, -0.2) is 28.9 Å². The van der Waals surface area contributed by atoms with Crippen LogP contribution in [0, 0.1) is 11.8 Å². The minimum atomic E-state index is -1.41. The Labute approximate surface area is 152 Å². The highest BCUT2D eigenvalue weighted by atomic mass is 35.6. The van der Waals surface area contributed by atoms with Gasteiger partial charge in [-0.1, -0.05) is 77.0 Å². The predicted octanol–water partition coefficient (Wildman–Crippen LogP) is 4.66. The highest BCUT2D eigenvalue weighted by Gasteiger charge is 2.41. The zero-order valence-electron chi connectivity index (χ0n) is 13.0. The van der Waals surface area contributed by atoms with Crippen molar-refractivity contribution in [3.63, 3.8) is 0 Å². The molecule has 1 aromatic carbocycles. The molecular formula is C17H19Cl3O3. The van der Waals surface area contributed by atoms with Gasteiger partial charge in [0.15, 0.2) is 5.79 Å². The molecule has 1 fully saturated rings. The van der Waals surface area contributed by atoms with Gasteiger partial charge in [0.2, 0.25) is 3.79 Å². The molecule has 0 saturated carbocycles. The smallest absolute Gasteiger partial charge is 0.213 e. The van der Waals surface area contributed by atoms with E-state index in [0.29, 0.717) is 6.42 Å². The summed E-state index contributed by atoms with van der Waals surface area (Å²) < 4.78 is 15.7. The molecule has 0 aromatic heterocycles. The largest absolute Gasteiger partial charge is 0.364 e. The maximum Gasteiger partial charge on any atom is 0.213 e. The zero-order valence-corrected chi connectivity index (χ0v) is 15.3. The lowest BCUT2D eigenvalue weighted by Gasteiger charge is -2.16. The molecule has 2 atom stereocenters. The standard InChI is InChI=1S/C17H19Cl3O3/c1-16(2)22-14(10-6-7-11-21-12-17(18,19)20)15(23-16)13-8-4-3-5-9-13/h3-5,8-9,14-15H,10-12H2,1-2H3/t14-,15+/m1/s1. The molecule has 0 N–H and O–H groups in total. The summed E-state index contributed by atoms with van der Waals surface area (Å²) in [5.41, 5.74) is 1.08. The average molecular weight is 378 g/mol. The maximum absolute atomic E-state index is 6.00. The van der Waals surface area contributed by atoms with Crippen molar-refractivity contribution in [2.45, 2.75) is 42.1 Å². The van der Waals surface area contributed by atoms with Gasteiger partial charge < -0.3 is 14.2 Å². The first-order chi connectivity index (χ1) is 10.8. The van der Waals surface area contributed by atoms with Crippen LogP contribution in [0.2, 0.25) is 0 Å². The number of hydrogen-bond acceptors (Lipinski definition) is 3. The fourth-order valence-electron chi connectivity index (χ4n) is 2.35. The molecule has 1 aromatic rings. The summed E-state index contributed by atoms with van der Waals surface area (Å²) in [7, 11) is 0. The molecule has 0 unspecified atom stereocenters. The quantitative estimate of drug-likeness (QED) is 0.434. The Bertz CT molecular complexity index is 558. The van der Waals surface area contributed by atoms with Crippen LogP contribution in [0.3, 0.4) is 0 Å². The molecule has 1 saturated heterocycles. The molecule has 1 heterocycles. The zero-order chi connectivity index (χ0) is 16.9. The third-order valence-corrected chi connectivity index (χ3v) is 3.51. The predicted molar refractivity (Wildman–Crippen MR) is 92.7 cm³/mol. The van der Waals surface area contributed by atoms with E-state index in [1.54, 1.807) is 0 Å². The molecule has 0 amide bonds. The van der Waals surface area contributed by atoms with Crippen LogP contribution in [0.1, 0.15) is 31.9 Å². The van der Waals surface area contributed by atoms with Crippen LogP contribution in [0.4, 0.5) is 0 Å². The second-order valence-electron chi connectivity index (χ2n) is 5.67. The van der Waals surface area contributed by atoms with Crippen molar-refractivity contribution in [2.75, 3.05) is 13.2 Å². The number of ether oxygens (including phenoxy) is 3. The second kappa shape index (κ2) is 8.07. The Balaban J connectivity index is 1.90. The first-order valence-corrected chi connectivity index (χ1v) is 8.41.